The summed E-state index contributed by atoms with van der Waals surface area (Å²) in [5.41, 5.74) is 0.463. The Morgan fingerprint density at radius 3 is 2.12 bits per heavy atom. The van der Waals surface area contributed by atoms with Gasteiger partial charge in [0.25, 0.3) is 0 Å². The lowest BCUT2D eigenvalue weighted by atomic mass is 10.2. The molecule has 4 heteroatoms. The molecule has 0 saturated heterocycles. The molecule has 0 amide bonds. The second-order valence-corrected chi connectivity index (χ2v) is 4.44. The summed E-state index contributed by atoms with van der Waals surface area (Å²) in [5, 5.41) is 0. The van der Waals surface area contributed by atoms with E-state index in [1.54, 1.807) is 12.1 Å². The molecule has 1 nitrogen and oxygen atoms in total. The van der Waals surface area contributed by atoms with Gasteiger partial charge in [0.15, 0.2) is 0 Å². The first kappa shape index (κ1) is 12.0. The minimum atomic E-state index is -0.598. The molecule has 2 aromatic rings. The molecule has 17 heavy (non-hydrogen) atoms. The van der Waals surface area contributed by atoms with Crippen molar-refractivity contribution in [3.05, 3.63) is 64.1 Å². The van der Waals surface area contributed by atoms with E-state index in [0.717, 1.165) is 10.5 Å². The summed E-state index contributed by atoms with van der Waals surface area (Å²) in [6, 6.07) is 10.6. The zero-order chi connectivity index (χ0) is 12.3. The van der Waals surface area contributed by atoms with Crippen molar-refractivity contribution in [3.63, 3.8) is 0 Å². The lowest BCUT2D eigenvalue weighted by Gasteiger charge is -2.06. The van der Waals surface area contributed by atoms with Crippen molar-refractivity contribution in [2.75, 3.05) is 0 Å². The van der Waals surface area contributed by atoms with Crippen LogP contribution in [0.1, 0.15) is 5.56 Å². The fraction of sp³-hybridized carbons (Fsp3) is 0.0769. The fourth-order valence-electron chi connectivity index (χ4n) is 1.39. The minimum Gasteiger partial charge on any atom is -0.489 e. The molecular formula is C13H9BrF2O. The Kier molecular flexibility index (Phi) is 3.74. The molecule has 0 fully saturated rings. The Labute approximate surface area is 106 Å². The third-order valence-corrected chi connectivity index (χ3v) is 2.67. The summed E-state index contributed by atoms with van der Waals surface area (Å²) in [5.74, 6) is -0.545. The van der Waals surface area contributed by atoms with E-state index in [0.29, 0.717) is 11.3 Å². The van der Waals surface area contributed by atoms with E-state index < -0.39 is 11.6 Å². The van der Waals surface area contributed by atoms with E-state index in [4.69, 9.17) is 4.74 Å². The third kappa shape index (κ3) is 3.53. The fourth-order valence-corrected chi connectivity index (χ4v) is 1.66. The highest BCUT2D eigenvalue weighted by atomic mass is 79.9. The van der Waals surface area contributed by atoms with Crippen LogP contribution in [0, 0.1) is 11.6 Å². The molecule has 0 aromatic heterocycles. The molecule has 0 atom stereocenters. The SMILES string of the molecule is Fc1cc(F)cc(COc2ccc(Br)cc2)c1. The first-order valence-electron chi connectivity index (χ1n) is 4.97. The van der Waals surface area contributed by atoms with Gasteiger partial charge in [0.2, 0.25) is 0 Å². The van der Waals surface area contributed by atoms with Crippen molar-refractivity contribution in [2.24, 2.45) is 0 Å². The van der Waals surface area contributed by atoms with Gasteiger partial charge in [0.05, 0.1) is 0 Å². The van der Waals surface area contributed by atoms with Crippen LogP contribution in [0.25, 0.3) is 0 Å². The monoisotopic (exact) mass is 298 g/mol. The van der Waals surface area contributed by atoms with Gasteiger partial charge in [-0.05, 0) is 42.0 Å². The summed E-state index contributed by atoms with van der Waals surface area (Å²) in [7, 11) is 0. The summed E-state index contributed by atoms with van der Waals surface area (Å²) in [6.07, 6.45) is 0. The molecule has 0 saturated carbocycles. The van der Waals surface area contributed by atoms with Crippen molar-refractivity contribution in [3.8, 4) is 5.75 Å². The first-order chi connectivity index (χ1) is 8.13. The molecule has 0 bridgehead atoms. The van der Waals surface area contributed by atoms with Crippen LogP contribution < -0.4 is 4.74 Å². The van der Waals surface area contributed by atoms with Gasteiger partial charge in [-0.3, -0.25) is 0 Å². The Hall–Kier alpha value is -1.42. The van der Waals surface area contributed by atoms with Gasteiger partial charge >= 0.3 is 0 Å². The number of rotatable bonds is 3. The molecule has 0 aliphatic heterocycles. The van der Waals surface area contributed by atoms with E-state index in [9.17, 15) is 8.78 Å². The number of benzene rings is 2. The highest BCUT2D eigenvalue weighted by Gasteiger charge is 2.01. The Morgan fingerprint density at radius 1 is 0.941 bits per heavy atom. The van der Waals surface area contributed by atoms with Gasteiger partial charge in [-0.1, -0.05) is 15.9 Å². The van der Waals surface area contributed by atoms with Gasteiger partial charge in [0.1, 0.15) is 24.0 Å². The number of ether oxygens (including phenoxy) is 1. The maximum absolute atomic E-state index is 12.9. The van der Waals surface area contributed by atoms with Crippen LogP contribution in [0.3, 0.4) is 0 Å². The maximum atomic E-state index is 12.9. The van der Waals surface area contributed by atoms with E-state index in [1.165, 1.54) is 12.1 Å². The average molecular weight is 299 g/mol. The third-order valence-electron chi connectivity index (χ3n) is 2.14. The van der Waals surface area contributed by atoms with Gasteiger partial charge < -0.3 is 4.74 Å². The van der Waals surface area contributed by atoms with Gasteiger partial charge in [-0.15, -0.1) is 0 Å². The standard InChI is InChI=1S/C13H9BrF2O/c14-10-1-3-13(4-2-10)17-8-9-5-11(15)7-12(16)6-9/h1-7H,8H2. The van der Waals surface area contributed by atoms with Crippen molar-refractivity contribution in [1.82, 2.24) is 0 Å². The molecule has 88 valence electrons. The average Bonchev–Trinajstić information content (AvgIpc) is 2.27. The van der Waals surface area contributed by atoms with Crippen molar-refractivity contribution < 1.29 is 13.5 Å². The molecule has 0 aliphatic carbocycles. The zero-order valence-corrected chi connectivity index (χ0v) is 10.4. The molecule has 0 radical (unpaired) electrons. The lowest BCUT2D eigenvalue weighted by molar-refractivity contribution is 0.304. The van der Waals surface area contributed by atoms with Gasteiger partial charge in [0, 0.05) is 10.5 Å². The molecule has 0 N–H and O–H groups in total. The van der Waals surface area contributed by atoms with Crippen molar-refractivity contribution in [2.45, 2.75) is 6.61 Å². The molecule has 0 spiro atoms. The van der Waals surface area contributed by atoms with Gasteiger partial charge in [-0.25, -0.2) is 8.78 Å². The molecule has 0 heterocycles. The first-order valence-corrected chi connectivity index (χ1v) is 5.76. The van der Waals surface area contributed by atoms with Crippen LogP contribution >= 0.6 is 15.9 Å². The van der Waals surface area contributed by atoms with E-state index >= 15 is 0 Å². The topological polar surface area (TPSA) is 9.23 Å². The summed E-state index contributed by atoms with van der Waals surface area (Å²) < 4.78 is 32.2. The predicted molar refractivity (Wildman–Crippen MR) is 64.8 cm³/mol. The molecule has 0 aliphatic rings. The summed E-state index contributed by atoms with van der Waals surface area (Å²) in [6.45, 7) is 0.135. The number of hydrogen-bond acceptors (Lipinski definition) is 1. The molecule has 2 aromatic carbocycles. The number of halogens is 3. The van der Waals surface area contributed by atoms with Crippen molar-refractivity contribution >= 4 is 15.9 Å². The van der Waals surface area contributed by atoms with Crippen LogP contribution in [0.2, 0.25) is 0 Å². The predicted octanol–water partition coefficient (Wildman–Crippen LogP) is 4.31. The van der Waals surface area contributed by atoms with Crippen LogP contribution in [0.4, 0.5) is 8.78 Å². The van der Waals surface area contributed by atoms with Crippen molar-refractivity contribution in [1.29, 1.82) is 0 Å². The smallest absolute Gasteiger partial charge is 0.126 e. The van der Waals surface area contributed by atoms with Gasteiger partial charge in [-0.2, -0.15) is 0 Å². The highest BCUT2D eigenvalue weighted by molar-refractivity contribution is 9.10. The zero-order valence-electron chi connectivity index (χ0n) is 8.79. The highest BCUT2D eigenvalue weighted by Crippen LogP contribution is 2.18. The normalized spacial score (nSPS) is 10.3. The van der Waals surface area contributed by atoms with E-state index in [-0.39, 0.29) is 6.61 Å². The second-order valence-electron chi connectivity index (χ2n) is 3.52. The largest absolute Gasteiger partial charge is 0.489 e. The quantitative estimate of drug-likeness (QED) is 0.820. The van der Waals surface area contributed by atoms with E-state index in [2.05, 4.69) is 15.9 Å². The molecule has 2 rings (SSSR count). The minimum absolute atomic E-state index is 0.135. The lowest BCUT2D eigenvalue weighted by Crippen LogP contribution is -1.96. The second kappa shape index (κ2) is 5.27. The number of hydrogen-bond donors (Lipinski definition) is 0. The van der Waals surface area contributed by atoms with Crippen LogP contribution in [-0.4, -0.2) is 0 Å². The molecule has 0 unspecified atom stereocenters. The Balaban J connectivity index is 2.04. The summed E-state index contributed by atoms with van der Waals surface area (Å²) in [4.78, 5) is 0. The van der Waals surface area contributed by atoms with Crippen LogP contribution in [0.5, 0.6) is 5.75 Å². The maximum Gasteiger partial charge on any atom is 0.126 e. The Bertz CT molecular complexity index is 491. The van der Waals surface area contributed by atoms with E-state index in [1.807, 2.05) is 12.1 Å². The summed E-state index contributed by atoms with van der Waals surface area (Å²) >= 11 is 3.31. The van der Waals surface area contributed by atoms with Crippen LogP contribution in [-0.2, 0) is 6.61 Å². The van der Waals surface area contributed by atoms with Crippen LogP contribution in [0.15, 0.2) is 46.9 Å². The molecular weight excluding hydrogens is 290 g/mol. The Morgan fingerprint density at radius 2 is 1.53 bits per heavy atom.